The van der Waals surface area contributed by atoms with Crippen molar-refractivity contribution in [1.82, 2.24) is 14.7 Å². The summed E-state index contributed by atoms with van der Waals surface area (Å²) in [6, 6.07) is 8.97. The molecule has 0 saturated carbocycles. The summed E-state index contributed by atoms with van der Waals surface area (Å²) in [6.45, 7) is 1.73. The maximum atomic E-state index is 12.1. The number of rotatable bonds is 6. The molecule has 2 aromatic heterocycles. The van der Waals surface area contributed by atoms with Crippen LogP contribution in [0, 0.1) is 0 Å². The Balaban J connectivity index is 1.79. The van der Waals surface area contributed by atoms with Crippen molar-refractivity contribution in [3.63, 3.8) is 0 Å². The fourth-order valence-corrected chi connectivity index (χ4v) is 3.33. The highest BCUT2D eigenvalue weighted by atomic mass is 32.1. The highest BCUT2D eigenvalue weighted by Crippen LogP contribution is 2.23. The van der Waals surface area contributed by atoms with Crippen molar-refractivity contribution >= 4 is 28.2 Å². The minimum absolute atomic E-state index is 0.119. The Hall–Kier alpha value is -2.67. The van der Waals surface area contributed by atoms with Gasteiger partial charge >= 0.3 is 5.97 Å². The quantitative estimate of drug-likeness (QED) is 0.720. The SMILES string of the molecule is CCC(NC(=O)Cc1csc2nc(-c3ccccc3)cn12)C(=O)O. The van der Waals surface area contributed by atoms with Crippen LogP contribution < -0.4 is 5.32 Å². The summed E-state index contributed by atoms with van der Waals surface area (Å²) >= 11 is 1.46. The molecular weight excluding hydrogens is 326 g/mol. The lowest BCUT2D eigenvalue weighted by molar-refractivity contribution is -0.141. The average molecular weight is 343 g/mol. The lowest BCUT2D eigenvalue weighted by Gasteiger charge is -2.11. The summed E-state index contributed by atoms with van der Waals surface area (Å²) in [7, 11) is 0. The fraction of sp³-hybridized carbons (Fsp3) is 0.235. The standard InChI is InChI=1S/C17H17N3O3S/c1-2-13(16(22)23)18-15(21)8-12-10-24-17-19-14(9-20(12)17)11-6-4-3-5-7-11/h3-7,9-10,13H,2,8H2,1H3,(H,18,21)(H,22,23). The molecule has 0 aliphatic carbocycles. The Morgan fingerprint density at radius 2 is 2.08 bits per heavy atom. The lowest BCUT2D eigenvalue weighted by Crippen LogP contribution is -2.41. The predicted molar refractivity (Wildman–Crippen MR) is 92.1 cm³/mol. The molecule has 0 fully saturated rings. The first-order valence-electron chi connectivity index (χ1n) is 7.61. The van der Waals surface area contributed by atoms with Crippen LogP contribution in [0.25, 0.3) is 16.2 Å². The van der Waals surface area contributed by atoms with Gasteiger partial charge in [0.05, 0.1) is 12.1 Å². The number of nitrogens with zero attached hydrogens (tertiary/aromatic N) is 2. The van der Waals surface area contributed by atoms with Gasteiger partial charge < -0.3 is 10.4 Å². The van der Waals surface area contributed by atoms with E-state index in [1.165, 1.54) is 11.3 Å². The third-order valence-electron chi connectivity index (χ3n) is 3.74. The van der Waals surface area contributed by atoms with E-state index in [2.05, 4.69) is 10.3 Å². The second-order valence-electron chi connectivity index (χ2n) is 5.42. The topological polar surface area (TPSA) is 83.7 Å². The summed E-state index contributed by atoms with van der Waals surface area (Å²) in [4.78, 5) is 28.5. The summed E-state index contributed by atoms with van der Waals surface area (Å²) in [5.74, 6) is -1.32. The van der Waals surface area contributed by atoms with Crippen molar-refractivity contribution in [3.8, 4) is 11.3 Å². The van der Waals surface area contributed by atoms with E-state index in [4.69, 9.17) is 5.11 Å². The molecule has 0 aliphatic rings. The average Bonchev–Trinajstić information content (AvgIpc) is 3.15. The number of nitrogens with one attached hydrogen (secondary N) is 1. The summed E-state index contributed by atoms with van der Waals surface area (Å²) in [5, 5.41) is 13.4. The van der Waals surface area contributed by atoms with Crippen LogP contribution in [-0.4, -0.2) is 32.4 Å². The van der Waals surface area contributed by atoms with E-state index in [-0.39, 0.29) is 12.3 Å². The van der Waals surface area contributed by atoms with Crippen molar-refractivity contribution in [3.05, 3.63) is 47.6 Å². The van der Waals surface area contributed by atoms with Crippen LogP contribution in [0.1, 0.15) is 19.0 Å². The van der Waals surface area contributed by atoms with Crippen LogP contribution in [0.2, 0.25) is 0 Å². The second kappa shape index (κ2) is 6.84. The van der Waals surface area contributed by atoms with Gasteiger partial charge in [0.25, 0.3) is 0 Å². The number of carbonyl (C=O) groups excluding carboxylic acids is 1. The molecule has 0 radical (unpaired) electrons. The largest absolute Gasteiger partial charge is 0.480 e. The number of benzene rings is 1. The van der Waals surface area contributed by atoms with Crippen LogP contribution >= 0.6 is 11.3 Å². The van der Waals surface area contributed by atoms with E-state index in [0.717, 1.165) is 21.9 Å². The minimum atomic E-state index is -1.02. The highest BCUT2D eigenvalue weighted by Gasteiger charge is 2.19. The number of carbonyl (C=O) groups is 2. The van der Waals surface area contributed by atoms with Crippen LogP contribution in [0.3, 0.4) is 0 Å². The summed E-state index contributed by atoms with van der Waals surface area (Å²) in [6.07, 6.45) is 2.37. The van der Waals surface area contributed by atoms with Gasteiger partial charge in [0.15, 0.2) is 4.96 Å². The third-order valence-corrected chi connectivity index (χ3v) is 4.62. The Kier molecular flexibility index (Phi) is 4.61. The normalized spacial score (nSPS) is 12.2. The van der Waals surface area contributed by atoms with Crippen LogP contribution in [0.5, 0.6) is 0 Å². The number of carboxylic acid groups (broad SMARTS) is 1. The van der Waals surface area contributed by atoms with Crippen molar-refractivity contribution in [1.29, 1.82) is 0 Å². The number of amides is 1. The number of hydrogen-bond acceptors (Lipinski definition) is 4. The van der Waals surface area contributed by atoms with E-state index in [9.17, 15) is 9.59 Å². The monoisotopic (exact) mass is 343 g/mol. The Morgan fingerprint density at radius 1 is 1.33 bits per heavy atom. The maximum Gasteiger partial charge on any atom is 0.326 e. The zero-order valence-electron chi connectivity index (χ0n) is 13.1. The molecule has 2 heterocycles. The first-order chi connectivity index (χ1) is 11.6. The Labute approximate surface area is 142 Å². The molecule has 124 valence electrons. The first kappa shape index (κ1) is 16.2. The lowest BCUT2D eigenvalue weighted by atomic mass is 10.2. The number of fused-ring (bicyclic) bond motifs is 1. The maximum absolute atomic E-state index is 12.1. The molecule has 1 aromatic carbocycles. The van der Waals surface area contributed by atoms with E-state index >= 15 is 0 Å². The van der Waals surface area contributed by atoms with Crippen molar-refractivity contribution in [2.75, 3.05) is 0 Å². The van der Waals surface area contributed by atoms with Gasteiger partial charge in [-0.2, -0.15) is 0 Å². The number of hydrogen-bond donors (Lipinski definition) is 2. The van der Waals surface area contributed by atoms with Gasteiger partial charge in [0.1, 0.15) is 6.04 Å². The zero-order chi connectivity index (χ0) is 17.1. The minimum Gasteiger partial charge on any atom is -0.480 e. The number of aliphatic carboxylic acids is 1. The Morgan fingerprint density at radius 3 is 2.75 bits per heavy atom. The molecule has 7 heteroatoms. The van der Waals surface area contributed by atoms with Crippen LogP contribution in [0.15, 0.2) is 41.9 Å². The van der Waals surface area contributed by atoms with Crippen LogP contribution in [-0.2, 0) is 16.0 Å². The Bertz CT molecular complexity index is 870. The molecule has 0 bridgehead atoms. The molecule has 2 N–H and O–H groups in total. The third kappa shape index (κ3) is 3.30. The molecule has 1 atom stereocenters. The molecule has 0 aliphatic heterocycles. The molecular formula is C17H17N3O3S. The fourth-order valence-electron chi connectivity index (χ4n) is 2.45. The number of imidazole rings is 1. The summed E-state index contributed by atoms with van der Waals surface area (Å²) in [5.41, 5.74) is 2.66. The van der Waals surface area contributed by atoms with Crippen molar-refractivity contribution < 1.29 is 14.7 Å². The number of thiazole rings is 1. The highest BCUT2D eigenvalue weighted by molar-refractivity contribution is 7.15. The van der Waals surface area contributed by atoms with Gasteiger partial charge in [-0.15, -0.1) is 11.3 Å². The van der Waals surface area contributed by atoms with Gasteiger partial charge in [0, 0.05) is 22.8 Å². The zero-order valence-corrected chi connectivity index (χ0v) is 13.9. The molecule has 6 nitrogen and oxygen atoms in total. The number of aromatic nitrogens is 2. The van der Waals surface area contributed by atoms with Gasteiger partial charge in [-0.25, -0.2) is 9.78 Å². The van der Waals surface area contributed by atoms with Gasteiger partial charge in [0.2, 0.25) is 5.91 Å². The molecule has 0 spiro atoms. The van der Waals surface area contributed by atoms with Gasteiger partial charge in [-0.3, -0.25) is 9.20 Å². The van der Waals surface area contributed by atoms with E-state index in [1.54, 1.807) is 6.92 Å². The van der Waals surface area contributed by atoms with Crippen LogP contribution in [0.4, 0.5) is 0 Å². The molecule has 3 rings (SSSR count). The summed E-state index contributed by atoms with van der Waals surface area (Å²) < 4.78 is 1.88. The van der Waals surface area contributed by atoms with Gasteiger partial charge in [-0.05, 0) is 6.42 Å². The second-order valence-corrected chi connectivity index (χ2v) is 6.25. The van der Waals surface area contributed by atoms with Gasteiger partial charge in [-0.1, -0.05) is 37.3 Å². The van der Waals surface area contributed by atoms with E-state index < -0.39 is 12.0 Å². The van der Waals surface area contributed by atoms with E-state index in [1.807, 2.05) is 46.3 Å². The molecule has 1 unspecified atom stereocenters. The van der Waals surface area contributed by atoms with Crippen molar-refractivity contribution in [2.24, 2.45) is 0 Å². The smallest absolute Gasteiger partial charge is 0.326 e. The van der Waals surface area contributed by atoms with E-state index in [0.29, 0.717) is 6.42 Å². The van der Waals surface area contributed by atoms with Crippen molar-refractivity contribution in [2.45, 2.75) is 25.8 Å². The molecule has 3 aromatic rings. The first-order valence-corrected chi connectivity index (χ1v) is 8.49. The number of carboxylic acids is 1. The molecule has 24 heavy (non-hydrogen) atoms. The predicted octanol–water partition coefficient (Wildman–Crippen LogP) is 2.58. The molecule has 0 saturated heterocycles. The molecule has 1 amide bonds.